The maximum Gasteiger partial charge on any atom is 0.126 e. The molecule has 2 nitrogen and oxygen atoms in total. The summed E-state index contributed by atoms with van der Waals surface area (Å²) in [6, 6.07) is 5.28. The first-order valence-electron chi connectivity index (χ1n) is 5.32. The van der Waals surface area contributed by atoms with E-state index in [4.69, 9.17) is 9.47 Å². The van der Waals surface area contributed by atoms with Gasteiger partial charge in [0, 0.05) is 12.8 Å². The van der Waals surface area contributed by atoms with Crippen LogP contribution in [0, 0.1) is 5.82 Å². The van der Waals surface area contributed by atoms with Crippen molar-refractivity contribution in [2.45, 2.75) is 25.0 Å². The van der Waals surface area contributed by atoms with E-state index in [1.54, 1.807) is 6.07 Å². The van der Waals surface area contributed by atoms with Gasteiger partial charge in [-0.2, -0.15) is 0 Å². The van der Waals surface area contributed by atoms with Gasteiger partial charge in [-0.1, -0.05) is 12.1 Å². The second-order valence-electron chi connectivity index (χ2n) is 4.20. The van der Waals surface area contributed by atoms with Crippen molar-refractivity contribution in [2.75, 3.05) is 13.2 Å². The molecule has 0 saturated carbocycles. The summed E-state index contributed by atoms with van der Waals surface area (Å²) >= 11 is 0. The second kappa shape index (κ2) is 3.58. The van der Waals surface area contributed by atoms with Gasteiger partial charge in [-0.25, -0.2) is 4.39 Å². The van der Waals surface area contributed by atoms with E-state index in [1.165, 1.54) is 6.07 Å². The Balaban J connectivity index is 1.84. The molecule has 0 aromatic heterocycles. The molecule has 1 aromatic rings. The van der Waals surface area contributed by atoms with Gasteiger partial charge in [0.2, 0.25) is 0 Å². The van der Waals surface area contributed by atoms with E-state index >= 15 is 0 Å². The molecule has 2 saturated heterocycles. The third-order valence-electron chi connectivity index (χ3n) is 2.90. The Morgan fingerprint density at radius 1 is 1.13 bits per heavy atom. The summed E-state index contributed by atoms with van der Waals surface area (Å²) in [5.74, 6) is -0.108. The molecule has 2 unspecified atom stereocenters. The van der Waals surface area contributed by atoms with E-state index in [-0.39, 0.29) is 11.9 Å². The molecule has 0 bridgehead atoms. The topological polar surface area (TPSA) is 25.1 Å². The van der Waals surface area contributed by atoms with Gasteiger partial charge < -0.3 is 9.47 Å². The maximum atomic E-state index is 13.6. The number of benzene rings is 1. The Labute approximate surface area is 88.0 Å². The average Bonchev–Trinajstić information content (AvgIpc) is 3.06. The zero-order valence-corrected chi connectivity index (χ0v) is 8.41. The third-order valence-corrected chi connectivity index (χ3v) is 2.90. The maximum absolute atomic E-state index is 13.6. The second-order valence-corrected chi connectivity index (χ2v) is 4.20. The number of epoxide rings is 2. The fourth-order valence-electron chi connectivity index (χ4n) is 1.87. The lowest BCUT2D eigenvalue weighted by Gasteiger charge is -2.08. The lowest BCUT2D eigenvalue weighted by Crippen LogP contribution is -2.05. The minimum absolute atomic E-state index is 0.108. The monoisotopic (exact) mass is 208 g/mol. The molecule has 2 atom stereocenters. The molecule has 15 heavy (non-hydrogen) atoms. The summed E-state index contributed by atoms with van der Waals surface area (Å²) in [7, 11) is 0. The van der Waals surface area contributed by atoms with Crippen molar-refractivity contribution in [3.05, 3.63) is 35.1 Å². The molecule has 2 heterocycles. The van der Waals surface area contributed by atoms with Crippen LogP contribution in [0.25, 0.3) is 0 Å². The minimum Gasteiger partial charge on any atom is -0.373 e. The Hall–Kier alpha value is -0.930. The molecule has 2 aliphatic rings. The lowest BCUT2D eigenvalue weighted by molar-refractivity contribution is 0.399. The summed E-state index contributed by atoms with van der Waals surface area (Å²) in [5, 5.41) is 0. The van der Waals surface area contributed by atoms with E-state index < -0.39 is 0 Å². The van der Waals surface area contributed by atoms with Gasteiger partial charge in [0.1, 0.15) is 5.82 Å². The Morgan fingerprint density at radius 2 is 1.80 bits per heavy atom. The highest BCUT2D eigenvalue weighted by Gasteiger charge is 2.28. The largest absolute Gasteiger partial charge is 0.373 e. The van der Waals surface area contributed by atoms with E-state index in [1.807, 2.05) is 6.07 Å². The van der Waals surface area contributed by atoms with E-state index in [2.05, 4.69) is 0 Å². The van der Waals surface area contributed by atoms with Crippen molar-refractivity contribution >= 4 is 0 Å². The van der Waals surface area contributed by atoms with Crippen LogP contribution in [0.4, 0.5) is 4.39 Å². The van der Waals surface area contributed by atoms with Gasteiger partial charge in [0.05, 0.1) is 25.4 Å². The molecule has 0 radical (unpaired) electrons. The highest BCUT2D eigenvalue weighted by atomic mass is 19.1. The molecule has 3 rings (SSSR count). The summed E-state index contributed by atoms with van der Waals surface area (Å²) in [6.07, 6.45) is 2.08. The summed E-state index contributed by atoms with van der Waals surface area (Å²) in [4.78, 5) is 0. The number of ether oxygens (including phenoxy) is 2. The van der Waals surface area contributed by atoms with Gasteiger partial charge in [-0.15, -0.1) is 0 Å². The third kappa shape index (κ3) is 2.19. The molecule has 0 N–H and O–H groups in total. The fourth-order valence-corrected chi connectivity index (χ4v) is 1.87. The van der Waals surface area contributed by atoms with Gasteiger partial charge >= 0.3 is 0 Å². The van der Waals surface area contributed by atoms with Crippen LogP contribution in [-0.4, -0.2) is 25.4 Å². The molecule has 1 aromatic carbocycles. The number of hydrogen-bond acceptors (Lipinski definition) is 2. The molecular weight excluding hydrogens is 195 g/mol. The quantitative estimate of drug-likeness (QED) is 0.704. The van der Waals surface area contributed by atoms with Crippen molar-refractivity contribution in [1.82, 2.24) is 0 Å². The zero-order chi connectivity index (χ0) is 10.3. The molecule has 0 amide bonds. The average molecular weight is 208 g/mol. The molecule has 80 valence electrons. The molecule has 0 aliphatic carbocycles. The van der Waals surface area contributed by atoms with Gasteiger partial charge in [0.25, 0.3) is 0 Å². The van der Waals surface area contributed by atoms with Crippen LogP contribution in [0.2, 0.25) is 0 Å². The van der Waals surface area contributed by atoms with E-state index in [0.717, 1.165) is 30.8 Å². The van der Waals surface area contributed by atoms with E-state index in [9.17, 15) is 4.39 Å². The molecule has 2 fully saturated rings. The van der Waals surface area contributed by atoms with Gasteiger partial charge in [-0.05, 0) is 17.2 Å². The molecular formula is C12H13FO2. The zero-order valence-electron chi connectivity index (χ0n) is 8.41. The SMILES string of the molecule is Fc1cccc(CC2CO2)c1CC1CO1. The van der Waals surface area contributed by atoms with Crippen LogP contribution in [0.1, 0.15) is 11.1 Å². The van der Waals surface area contributed by atoms with Crippen LogP contribution >= 0.6 is 0 Å². The summed E-state index contributed by atoms with van der Waals surface area (Å²) in [6.45, 7) is 1.59. The van der Waals surface area contributed by atoms with Crippen molar-refractivity contribution < 1.29 is 13.9 Å². The van der Waals surface area contributed by atoms with Crippen molar-refractivity contribution in [2.24, 2.45) is 0 Å². The van der Waals surface area contributed by atoms with Crippen LogP contribution in [0.5, 0.6) is 0 Å². The highest BCUT2D eigenvalue weighted by molar-refractivity contribution is 5.30. The first-order valence-corrected chi connectivity index (χ1v) is 5.32. The fraction of sp³-hybridized carbons (Fsp3) is 0.500. The Bertz CT molecular complexity index is 370. The molecule has 3 heteroatoms. The number of hydrogen-bond donors (Lipinski definition) is 0. The molecule has 2 aliphatic heterocycles. The predicted octanol–water partition coefficient (Wildman–Crippen LogP) is 1.71. The molecule has 0 spiro atoms. The predicted molar refractivity (Wildman–Crippen MR) is 53.3 cm³/mol. The Morgan fingerprint density at radius 3 is 2.47 bits per heavy atom. The van der Waals surface area contributed by atoms with Crippen molar-refractivity contribution in [3.8, 4) is 0 Å². The Kier molecular flexibility index (Phi) is 2.22. The van der Waals surface area contributed by atoms with Crippen LogP contribution in [-0.2, 0) is 22.3 Å². The minimum atomic E-state index is -0.108. The summed E-state index contributed by atoms with van der Waals surface area (Å²) in [5.41, 5.74) is 1.89. The first-order chi connectivity index (χ1) is 7.33. The highest BCUT2D eigenvalue weighted by Crippen LogP contribution is 2.25. The lowest BCUT2D eigenvalue weighted by atomic mass is 9.99. The summed E-state index contributed by atoms with van der Waals surface area (Å²) < 4.78 is 23.9. The number of rotatable bonds is 4. The smallest absolute Gasteiger partial charge is 0.126 e. The number of halogens is 1. The van der Waals surface area contributed by atoms with Crippen molar-refractivity contribution in [3.63, 3.8) is 0 Å². The van der Waals surface area contributed by atoms with E-state index in [0.29, 0.717) is 12.5 Å². The standard InChI is InChI=1S/C12H13FO2/c13-12-3-1-2-8(4-9-6-14-9)11(12)5-10-7-15-10/h1-3,9-10H,4-7H2. The van der Waals surface area contributed by atoms with Crippen LogP contribution in [0.3, 0.4) is 0 Å². The van der Waals surface area contributed by atoms with Crippen LogP contribution < -0.4 is 0 Å². The van der Waals surface area contributed by atoms with Gasteiger partial charge in [-0.3, -0.25) is 0 Å². The first kappa shape index (κ1) is 9.31. The normalized spacial score (nSPS) is 27.8. The van der Waals surface area contributed by atoms with Gasteiger partial charge in [0.15, 0.2) is 0 Å². The van der Waals surface area contributed by atoms with Crippen molar-refractivity contribution in [1.29, 1.82) is 0 Å². The van der Waals surface area contributed by atoms with Crippen LogP contribution in [0.15, 0.2) is 18.2 Å².